The van der Waals surface area contributed by atoms with Crippen LogP contribution in [0.5, 0.6) is 0 Å². The van der Waals surface area contributed by atoms with Crippen LogP contribution < -0.4 is 0 Å². The summed E-state index contributed by atoms with van der Waals surface area (Å²) in [6.45, 7) is 10.4. The van der Waals surface area contributed by atoms with Crippen molar-refractivity contribution in [2.24, 2.45) is 5.92 Å². The van der Waals surface area contributed by atoms with Crippen molar-refractivity contribution < 1.29 is 8.39 Å². The van der Waals surface area contributed by atoms with Crippen LogP contribution in [0.3, 0.4) is 0 Å². The van der Waals surface area contributed by atoms with Crippen LogP contribution >= 0.6 is 0 Å². The molecule has 2 nitrogen and oxygen atoms in total. The standard InChI is InChI=1S/C8H18O2S/c1-7(2)6-10-11(9)8(3,4)5/h7H,6H2,1-5H3. The Morgan fingerprint density at radius 2 is 1.82 bits per heavy atom. The van der Waals surface area contributed by atoms with Crippen LogP contribution in [0.25, 0.3) is 0 Å². The molecule has 0 aliphatic carbocycles. The van der Waals surface area contributed by atoms with Gasteiger partial charge in [0.15, 0.2) is 11.1 Å². The van der Waals surface area contributed by atoms with Crippen molar-refractivity contribution in [1.29, 1.82) is 0 Å². The highest BCUT2D eigenvalue weighted by atomic mass is 32.2. The second-order valence-corrected chi connectivity index (χ2v) is 5.96. The van der Waals surface area contributed by atoms with Gasteiger partial charge in [-0.25, -0.2) is 4.21 Å². The minimum atomic E-state index is -1.16. The molecule has 0 radical (unpaired) electrons. The average molecular weight is 178 g/mol. The smallest absolute Gasteiger partial charge is 0.160 e. The Bertz CT molecular complexity index is 136. The minimum absolute atomic E-state index is 0.255. The molecule has 0 rings (SSSR count). The van der Waals surface area contributed by atoms with E-state index in [0.29, 0.717) is 12.5 Å². The third kappa shape index (κ3) is 5.39. The number of hydrogen-bond donors (Lipinski definition) is 0. The molecule has 0 aromatic heterocycles. The van der Waals surface area contributed by atoms with E-state index in [0.717, 1.165) is 0 Å². The topological polar surface area (TPSA) is 26.3 Å². The molecule has 0 aliphatic heterocycles. The molecule has 0 aromatic rings. The third-order valence-electron chi connectivity index (χ3n) is 1.01. The van der Waals surface area contributed by atoms with Crippen molar-refractivity contribution in [2.45, 2.75) is 39.4 Å². The van der Waals surface area contributed by atoms with Crippen LogP contribution in [0.4, 0.5) is 0 Å². The summed E-state index contributed by atoms with van der Waals surface area (Å²) < 4.78 is 16.1. The van der Waals surface area contributed by atoms with Gasteiger partial charge in [0.25, 0.3) is 0 Å². The van der Waals surface area contributed by atoms with Gasteiger partial charge in [-0.3, -0.25) is 4.18 Å². The molecule has 1 atom stereocenters. The zero-order valence-corrected chi connectivity index (χ0v) is 8.83. The first-order valence-corrected chi connectivity index (χ1v) is 4.96. The fourth-order valence-corrected chi connectivity index (χ4v) is 1.12. The zero-order chi connectivity index (χ0) is 9.07. The lowest BCUT2D eigenvalue weighted by Gasteiger charge is -2.17. The Morgan fingerprint density at radius 3 is 2.09 bits per heavy atom. The molecule has 0 amide bonds. The molecule has 0 N–H and O–H groups in total. The lowest BCUT2D eigenvalue weighted by Crippen LogP contribution is -2.24. The lowest BCUT2D eigenvalue weighted by molar-refractivity contribution is 0.289. The maximum atomic E-state index is 11.3. The summed E-state index contributed by atoms with van der Waals surface area (Å²) in [5.41, 5.74) is 0. The molecule has 0 heterocycles. The molecular weight excluding hydrogens is 160 g/mol. The Balaban J connectivity index is 3.71. The maximum absolute atomic E-state index is 11.3. The highest BCUT2D eigenvalue weighted by Crippen LogP contribution is 2.12. The quantitative estimate of drug-likeness (QED) is 0.661. The van der Waals surface area contributed by atoms with Crippen LogP contribution in [0, 0.1) is 5.92 Å². The molecule has 0 bridgehead atoms. The first-order valence-electron chi connectivity index (χ1n) is 3.89. The summed E-state index contributed by atoms with van der Waals surface area (Å²) in [7, 11) is 0. The third-order valence-corrected chi connectivity index (χ3v) is 2.36. The van der Waals surface area contributed by atoms with Crippen LogP contribution in [0.2, 0.25) is 0 Å². The first kappa shape index (κ1) is 11.1. The molecule has 0 aliphatic rings. The van der Waals surface area contributed by atoms with Crippen molar-refractivity contribution in [3.8, 4) is 0 Å². The van der Waals surface area contributed by atoms with E-state index >= 15 is 0 Å². The van der Waals surface area contributed by atoms with Gasteiger partial charge in [-0.15, -0.1) is 0 Å². The van der Waals surface area contributed by atoms with Gasteiger partial charge >= 0.3 is 0 Å². The second-order valence-electron chi connectivity index (χ2n) is 4.03. The van der Waals surface area contributed by atoms with E-state index in [4.69, 9.17) is 4.18 Å². The van der Waals surface area contributed by atoms with Crippen molar-refractivity contribution in [3.05, 3.63) is 0 Å². The summed E-state index contributed by atoms with van der Waals surface area (Å²) in [5, 5.41) is 0. The van der Waals surface area contributed by atoms with Crippen molar-refractivity contribution >= 4 is 11.1 Å². The van der Waals surface area contributed by atoms with Gasteiger partial charge in [0.05, 0.1) is 11.4 Å². The molecule has 3 heteroatoms. The van der Waals surface area contributed by atoms with E-state index in [2.05, 4.69) is 0 Å². The molecule has 0 saturated carbocycles. The Kier molecular flexibility index (Phi) is 4.26. The lowest BCUT2D eigenvalue weighted by atomic mass is 10.2. The Morgan fingerprint density at radius 1 is 1.36 bits per heavy atom. The molecule has 68 valence electrons. The largest absolute Gasteiger partial charge is 0.290 e. The van der Waals surface area contributed by atoms with Crippen molar-refractivity contribution in [2.75, 3.05) is 6.61 Å². The van der Waals surface area contributed by atoms with Crippen molar-refractivity contribution in [1.82, 2.24) is 0 Å². The van der Waals surface area contributed by atoms with E-state index in [-0.39, 0.29) is 4.75 Å². The van der Waals surface area contributed by atoms with E-state index in [9.17, 15) is 4.21 Å². The van der Waals surface area contributed by atoms with Crippen LogP contribution in [-0.2, 0) is 15.3 Å². The molecule has 11 heavy (non-hydrogen) atoms. The molecule has 0 spiro atoms. The van der Waals surface area contributed by atoms with Gasteiger partial charge in [-0.1, -0.05) is 13.8 Å². The van der Waals surface area contributed by atoms with Crippen LogP contribution in [-0.4, -0.2) is 15.6 Å². The predicted octanol–water partition coefficient (Wildman–Crippen LogP) is 2.12. The Labute approximate surface area is 72.0 Å². The molecular formula is C8H18O2S. The van der Waals surface area contributed by atoms with Gasteiger partial charge in [-0.2, -0.15) is 0 Å². The molecule has 0 saturated heterocycles. The predicted molar refractivity (Wildman–Crippen MR) is 48.7 cm³/mol. The average Bonchev–Trinajstić information content (AvgIpc) is 1.80. The monoisotopic (exact) mass is 178 g/mol. The SMILES string of the molecule is CC(C)COS(=O)C(C)(C)C. The normalized spacial score (nSPS) is 15.5. The van der Waals surface area contributed by atoms with E-state index in [1.807, 2.05) is 34.6 Å². The Hall–Kier alpha value is 0.110. The van der Waals surface area contributed by atoms with E-state index < -0.39 is 11.1 Å². The second kappa shape index (κ2) is 4.21. The molecule has 1 unspecified atom stereocenters. The van der Waals surface area contributed by atoms with Crippen molar-refractivity contribution in [3.63, 3.8) is 0 Å². The van der Waals surface area contributed by atoms with E-state index in [1.165, 1.54) is 0 Å². The van der Waals surface area contributed by atoms with Crippen LogP contribution in [0.1, 0.15) is 34.6 Å². The molecule has 0 aromatic carbocycles. The van der Waals surface area contributed by atoms with E-state index in [1.54, 1.807) is 0 Å². The maximum Gasteiger partial charge on any atom is 0.160 e. The number of hydrogen-bond acceptors (Lipinski definition) is 2. The summed E-state index contributed by atoms with van der Waals surface area (Å²) in [6.07, 6.45) is 0. The summed E-state index contributed by atoms with van der Waals surface area (Å²) >= 11 is -1.16. The van der Waals surface area contributed by atoms with Gasteiger partial charge in [0.1, 0.15) is 0 Å². The fourth-order valence-electron chi connectivity index (χ4n) is 0.375. The minimum Gasteiger partial charge on any atom is -0.290 e. The summed E-state index contributed by atoms with van der Waals surface area (Å²) in [4.78, 5) is 0. The molecule has 0 fully saturated rings. The van der Waals surface area contributed by atoms with Gasteiger partial charge in [0.2, 0.25) is 0 Å². The van der Waals surface area contributed by atoms with Gasteiger partial charge < -0.3 is 0 Å². The van der Waals surface area contributed by atoms with Gasteiger partial charge in [0, 0.05) is 0 Å². The highest BCUT2D eigenvalue weighted by molar-refractivity contribution is 7.81. The fraction of sp³-hybridized carbons (Fsp3) is 1.00. The summed E-state index contributed by atoms with van der Waals surface area (Å²) in [6, 6.07) is 0. The van der Waals surface area contributed by atoms with Gasteiger partial charge in [-0.05, 0) is 26.7 Å². The van der Waals surface area contributed by atoms with Crippen LogP contribution in [0.15, 0.2) is 0 Å². The highest BCUT2D eigenvalue weighted by Gasteiger charge is 2.20. The number of rotatable bonds is 3. The summed E-state index contributed by atoms with van der Waals surface area (Å²) in [5.74, 6) is 0.446. The first-order chi connectivity index (χ1) is 4.84. The zero-order valence-electron chi connectivity index (χ0n) is 8.01.